The van der Waals surface area contributed by atoms with Gasteiger partial charge in [0.05, 0.1) is 11.8 Å². The summed E-state index contributed by atoms with van der Waals surface area (Å²) in [6.07, 6.45) is 6.62. The van der Waals surface area contributed by atoms with Crippen LogP contribution >= 0.6 is 0 Å². The van der Waals surface area contributed by atoms with Crippen molar-refractivity contribution >= 4 is 5.69 Å². The fourth-order valence-electron chi connectivity index (χ4n) is 3.66. The molecule has 2 aliphatic rings. The van der Waals surface area contributed by atoms with Crippen LogP contribution in [0.1, 0.15) is 44.1 Å². The molecule has 0 radical (unpaired) electrons. The Morgan fingerprint density at radius 2 is 1.86 bits per heavy atom. The number of nitrogens with one attached hydrogen (secondary N) is 1. The Labute approximate surface area is 132 Å². The van der Waals surface area contributed by atoms with Gasteiger partial charge in [0.2, 0.25) is 0 Å². The maximum atomic E-state index is 14.3. The quantitative estimate of drug-likeness (QED) is 0.877. The molecule has 4 heteroatoms. The molecule has 1 aromatic carbocycles. The van der Waals surface area contributed by atoms with Gasteiger partial charge in [-0.25, -0.2) is 4.39 Å². The van der Waals surface area contributed by atoms with Crippen LogP contribution in [-0.4, -0.2) is 30.8 Å². The van der Waals surface area contributed by atoms with Crippen LogP contribution in [0, 0.1) is 11.7 Å². The molecule has 2 N–H and O–H groups in total. The summed E-state index contributed by atoms with van der Waals surface area (Å²) in [5, 5.41) is 13.0. The van der Waals surface area contributed by atoms with E-state index in [1.54, 1.807) is 6.07 Å². The van der Waals surface area contributed by atoms with Crippen molar-refractivity contribution in [2.75, 3.05) is 24.5 Å². The molecule has 1 aromatic rings. The SMILES string of the molecule is OC1CCN(c2ccc(CNCC3CCCC3)cc2F)CC1. The predicted molar refractivity (Wildman–Crippen MR) is 87.5 cm³/mol. The third-order valence-corrected chi connectivity index (χ3v) is 5.05. The molecule has 0 amide bonds. The number of nitrogens with zero attached hydrogens (tertiary/aromatic N) is 1. The van der Waals surface area contributed by atoms with Crippen LogP contribution in [0.5, 0.6) is 0 Å². The second-order valence-corrected chi connectivity index (χ2v) is 6.79. The third kappa shape index (κ3) is 3.99. The second-order valence-electron chi connectivity index (χ2n) is 6.79. The monoisotopic (exact) mass is 306 g/mol. The Bertz CT molecular complexity index is 480. The van der Waals surface area contributed by atoms with Crippen LogP contribution in [-0.2, 0) is 6.54 Å². The fraction of sp³-hybridized carbons (Fsp3) is 0.667. The van der Waals surface area contributed by atoms with Gasteiger partial charge in [0.15, 0.2) is 0 Å². The molecule has 1 heterocycles. The van der Waals surface area contributed by atoms with E-state index in [1.807, 2.05) is 17.0 Å². The normalized spacial score (nSPS) is 20.7. The number of aliphatic hydroxyl groups excluding tert-OH is 1. The molecule has 22 heavy (non-hydrogen) atoms. The maximum absolute atomic E-state index is 14.3. The molecule has 1 saturated carbocycles. The van der Waals surface area contributed by atoms with Gasteiger partial charge in [-0.05, 0) is 55.8 Å². The number of aliphatic hydroxyl groups is 1. The van der Waals surface area contributed by atoms with Crippen molar-refractivity contribution in [1.29, 1.82) is 0 Å². The van der Waals surface area contributed by atoms with Gasteiger partial charge in [0, 0.05) is 19.6 Å². The summed E-state index contributed by atoms with van der Waals surface area (Å²) in [5.41, 5.74) is 1.68. The standard InChI is InChI=1S/C18H27FN2O/c19-17-11-15(13-20-12-14-3-1-2-4-14)5-6-18(17)21-9-7-16(22)8-10-21/h5-6,11,14,16,20,22H,1-4,7-10,12-13H2. The minimum absolute atomic E-state index is 0.142. The second kappa shape index (κ2) is 7.42. The van der Waals surface area contributed by atoms with E-state index in [4.69, 9.17) is 0 Å². The molecule has 0 atom stereocenters. The van der Waals surface area contributed by atoms with Crippen LogP contribution in [0.25, 0.3) is 0 Å². The highest BCUT2D eigenvalue weighted by Gasteiger charge is 2.19. The molecule has 0 bridgehead atoms. The first-order valence-corrected chi connectivity index (χ1v) is 8.64. The van der Waals surface area contributed by atoms with E-state index in [2.05, 4.69) is 5.32 Å². The Kier molecular flexibility index (Phi) is 5.32. The van der Waals surface area contributed by atoms with Gasteiger partial charge in [0.25, 0.3) is 0 Å². The number of anilines is 1. The lowest BCUT2D eigenvalue weighted by Crippen LogP contribution is -2.36. The topological polar surface area (TPSA) is 35.5 Å². The van der Waals surface area contributed by atoms with E-state index >= 15 is 0 Å². The smallest absolute Gasteiger partial charge is 0.146 e. The van der Waals surface area contributed by atoms with Gasteiger partial charge in [-0.1, -0.05) is 18.9 Å². The van der Waals surface area contributed by atoms with Crippen LogP contribution in [0.4, 0.5) is 10.1 Å². The van der Waals surface area contributed by atoms with Crippen LogP contribution < -0.4 is 10.2 Å². The van der Waals surface area contributed by atoms with Crippen molar-refractivity contribution in [2.24, 2.45) is 5.92 Å². The molecule has 3 nitrogen and oxygen atoms in total. The zero-order valence-corrected chi connectivity index (χ0v) is 13.2. The minimum Gasteiger partial charge on any atom is -0.393 e. The number of piperidine rings is 1. The van der Waals surface area contributed by atoms with E-state index < -0.39 is 0 Å². The molecule has 1 aliphatic heterocycles. The lowest BCUT2D eigenvalue weighted by molar-refractivity contribution is 0.145. The Hall–Kier alpha value is -1.13. The van der Waals surface area contributed by atoms with Gasteiger partial charge in [-0.3, -0.25) is 0 Å². The van der Waals surface area contributed by atoms with Gasteiger partial charge < -0.3 is 15.3 Å². The van der Waals surface area contributed by atoms with E-state index in [0.29, 0.717) is 5.69 Å². The summed E-state index contributed by atoms with van der Waals surface area (Å²) in [7, 11) is 0. The van der Waals surface area contributed by atoms with Gasteiger partial charge >= 0.3 is 0 Å². The first kappa shape index (κ1) is 15.8. The zero-order chi connectivity index (χ0) is 15.4. The van der Waals surface area contributed by atoms with E-state index in [-0.39, 0.29) is 11.9 Å². The first-order valence-electron chi connectivity index (χ1n) is 8.64. The Balaban J connectivity index is 1.52. The summed E-state index contributed by atoms with van der Waals surface area (Å²) < 4.78 is 14.3. The summed E-state index contributed by atoms with van der Waals surface area (Å²) in [5.74, 6) is 0.667. The number of benzene rings is 1. The average Bonchev–Trinajstić information content (AvgIpc) is 3.02. The predicted octanol–water partition coefficient (Wildman–Crippen LogP) is 3.07. The van der Waals surface area contributed by atoms with Gasteiger partial charge in [0.1, 0.15) is 5.82 Å². The summed E-state index contributed by atoms with van der Waals surface area (Å²) in [4.78, 5) is 2.04. The van der Waals surface area contributed by atoms with Crippen LogP contribution in [0.2, 0.25) is 0 Å². The summed E-state index contributed by atoms with van der Waals surface area (Å²) in [6, 6.07) is 5.56. The van der Waals surface area contributed by atoms with Crippen LogP contribution in [0.15, 0.2) is 18.2 Å². The molecular weight excluding hydrogens is 279 g/mol. The average molecular weight is 306 g/mol. The van der Waals surface area contributed by atoms with Crippen molar-refractivity contribution in [1.82, 2.24) is 5.32 Å². The lowest BCUT2D eigenvalue weighted by atomic mass is 10.1. The van der Waals surface area contributed by atoms with Crippen LogP contribution in [0.3, 0.4) is 0 Å². The molecule has 3 rings (SSSR count). The van der Waals surface area contributed by atoms with E-state index in [9.17, 15) is 9.50 Å². The molecule has 2 fully saturated rings. The molecule has 0 aromatic heterocycles. The Morgan fingerprint density at radius 1 is 1.14 bits per heavy atom. The van der Waals surface area contributed by atoms with E-state index in [0.717, 1.165) is 50.5 Å². The van der Waals surface area contributed by atoms with Crippen molar-refractivity contribution in [2.45, 2.75) is 51.2 Å². The largest absolute Gasteiger partial charge is 0.393 e. The Morgan fingerprint density at radius 3 is 2.55 bits per heavy atom. The van der Waals surface area contributed by atoms with Crippen molar-refractivity contribution in [3.8, 4) is 0 Å². The van der Waals surface area contributed by atoms with Crippen molar-refractivity contribution in [3.05, 3.63) is 29.6 Å². The van der Waals surface area contributed by atoms with E-state index in [1.165, 1.54) is 25.7 Å². The highest BCUT2D eigenvalue weighted by molar-refractivity contribution is 5.49. The maximum Gasteiger partial charge on any atom is 0.146 e. The number of hydrogen-bond acceptors (Lipinski definition) is 3. The number of hydrogen-bond donors (Lipinski definition) is 2. The molecular formula is C18H27FN2O. The number of halogens is 1. The number of rotatable bonds is 5. The highest BCUT2D eigenvalue weighted by atomic mass is 19.1. The molecule has 0 spiro atoms. The molecule has 1 saturated heterocycles. The minimum atomic E-state index is -0.224. The van der Waals surface area contributed by atoms with Crippen molar-refractivity contribution in [3.63, 3.8) is 0 Å². The zero-order valence-electron chi connectivity index (χ0n) is 13.2. The van der Waals surface area contributed by atoms with Crippen molar-refractivity contribution < 1.29 is 9.50 Å². The lowest BCUT2D eigenvalue weighted by Gasteiger charge is -2.31. The molecule has 1 aliphatic carbocycles. The fourth-order valence-corrected chi connectivity index (χ4v) is 3.66. The third-order valence-electron chi connectivity index (χ3n) is 5.05. The molecule has 0 unspecified atom stereocenters. The summed E-state index contributed by atoms with van der Waals surface area (Å²) >= 11 is 0. The van der Waals surface area contributed by atoms with Gasteiger partial charge in [-0.2, -0.15) is 0 Å². The molecule has 122 valence electrons. The first-order chi connectivity index (χ1) is 10.7. The van der Waals surface area contributed by atoms with Gasteiger partial charge in [-0.15, -0.1) is 0 Å². The summed E-state index contributed by atoms with van der Waals surface area (Å²) in [6.45, 7) is 3.26. The highest BCUT2D eigenvalue weighted by Crippen LogP contribution is 2.25.